The minimum absolute atomic E-state index is 0.356. The molecule has 0 aliphatic carbocycles. The van der Waals surface area contributed by atoms with Gasteiger partial charge in [0.25, 0.3) is 0 Å². The minimum atomic E-state index is -0.480. The zero-order chi connectivity index (χ0) is 23.0. The lowest BCUT2D eigenvalue weighted by Crippen LogP contribution is -2.09. The maximum atomic E-state index is 12.3. The van der Waals surface area contributed by atoms with Crippen LogP contribution in [0.5, 0.6) is 11.5 Å². The van der Waals surface area contributed by atoms with Gasteiger partial charge in [-0.1, -0.05) is 12.5 Å². The van der Waals surface area contributed by atoms with Crippen LogP contribution >= 0.6 is 0 Å². The summed E-state index contributed by atoms with van der Waals surface area (Å²) in [7, 11) is 1.69. The SMILES string of the molecule is C=CCCCOc1ccc(C(=O)Oc2ccc(C(=O)OCCCCCCOC)cc2)cc1. The molecule has 0 aliphatic heterocycles. The highest BCUT2D eigenvalue weighted by Crippen LogP contribution is 2.17. The van der Waals surface area contributed by atoms with Crippen molar-refractivity contribution in [2.24, 2.45) is 0 Å². The lowest BCUT2D eigenvalue weighted by Gasteiger charge is -2.08. The van der Waals surface area contributed by atoms with Gasteiger partial charge in [0.05, 0.1) is 24.3 Å². The second-order valence-electron chi connectivity index (χ2n) is 7.26. The van der Waals surface area contributed by atoms with E-state index in [-0.39, 0.29) is 5.97 Å². The van der Waals surface area contributed by atoms with Crippen molar-refractivity contribution in [3.63, 3.8) is 0 Å². The number of benzene rings is 2. The maximum absolute atomic E-state index is 12.3. The number of methoxy groups -OCH3 is 1. The van der Waals surface area contributed by atoms with Gasteiger partial charge in [0.1, 0.15) is 11.5 Å². The van der Waals surface area contributed by atoms with Crippen LogP contribution in [0.4, 0.5) is 0 Å². The summed E-state index contributed by atoms with van der Waals surface area (Å²) in [4.78, 5) is 24.5. The van der Waals surface area contributed by atoms with Gasteiger partial charge in [0.2, 0.25) is 0 Å². The molecule has 0 heterocycles. The molecular formula is C26H32O6. The van der Waals surface area contributed by atoms with Crippen LogP contribution in [-0.2, 0) is 9.47 Å². The Morgan fingerprint density at radius 1 is 0.750 bits per heavy atom. The highest BCUT2D eigenvalue weighted by atomic mass is 16.5. The summed E-state index contributed by atoms with van der Waals surface area (Å²) in [6.45, 7) is 5.41. The average Bonchev–Trinajstić information content (AvgIpc) is 2.82. The second-order valence-corrected chi connectivity index (χ2v) is 7.26. The number of esters is 2. The molecule has 0 fully saturated rings. The van der Waals surface area contributed by atoms with E-state index >= 15 is 0 Å². The Kier molecular flexibility index (Phi) is 11.6. The Morgan fingerprint density at radius 3 is 1.97 bits per heavy atom. The van der Waals surface area contributed by atoms with Crippen LogP contribution < -0.4 is 9.47 Å². The van der Waals surface area contributed by atoms with Crippen molar-refractivity contribution >= 4 is 11.9 Å². The molecule has 0 aliphatic rings. The molecule has 2 rings (SSSR count). The molecule has 0 saturated heterocycles. The summed E-state index contributed by atoms with van der Waals surface area (Å²) in [6, 6.07) is 13.1. The molecule has 0 atom stereocenters. The van der Waals surface area contributed by atoms with Gasteiger partial charge in [0.15, 0.2) is 0 Å². The van der Waals surface area contributed by atoms with Gasteiger partial charge >= 0.3 is 11.9 Å². The third kappa shape index (κ3) is 9.35. The van der Waals surface area contributed by atoms with Gasteiger partial charge in [0, 0.05) is 13.7 Å². The lowest BCUT2D eigenvalue weighted by molar-refractivity contribution is 0.0497. The summed E-state index contributed by atoms with van der Waals surface area (Å²) in [5.74, 6) is 0.188. The maximum Gasteiger partial charge on any atom is 0.343 e. The van der Waals surface area contributed by atoms with Crippen molar-refractivity contribution in [2.45, 2.75) is 38.5 Å². The van der Waals surface area contributed by atoms with Crippen LogP contribution in [0.25, 0.3) is 0 Å². The number of hydrogen-bond donors (Lipinski definition) is 0. The fourth-order valence-electron chi connectivity index (χ4n) is 2.88. The number of carbonyl (C=O) groups excluding carboxylic acids is 2. The molecule has 6 nitrogen and oxygen atoms in total. The van der Waals surface area contributed by atoms with E-state index in [1.807, 2.05) is 6.08 Å². The molecular weight excluding hydrogens is 408 g/mol. The molecule has 0 aromatic heterocycles. The van der Waals surface area contributed by atoms with E-state index in [0.29, 0.717) is 35.8 Å². The number of unbranched alkanes of at least 4 members (excludes halogenated alkanes) is 4. The Bertz CT molecular complexity index is 826. The van der Waals surface area contributed by atoms with Gasteiger partial charge < -0.3 is 18.9 Å². The van der Waals surface area contributed by atoms with Crippen molar-refractivity contribution in [2.75, 3.05) is 26.9 Å². The fraction of sp³-hybridized carbons (Fsp3) is 0.385. The van der Waals surface area contributed by atoms with Gasteiger partial charge in [-0.15, -0.1) is 6.58 Å². The first-order valence-electron chi connectivity index (χ1n) is 11.0. The van der Waals surface area contributed by atoms with E-state index in [1.54, 1.807) is 55.6 Å². The Labute approximate surface area is 190 Å². The van der Waals surface area contributed by atoms with E-state index in [9.17, 15) is 9.59 Å². The smallest absolute Gasteiger partial charge is 0.343 e. The Balaban J connectivity index is 1.74. The van der Waals surface area contributed by atoms with Crippen LogP contribution in [-0.4, -0.2) is 38.9 Å². The molecule has 2 aromatic carbocycles. The van der Waals surface area contributed by atoms with E-state index in [2.05, 4.69) is 6.58 Å². The first-order chi connectivity index (χ1) is 15.6. The van der Waals surface area contributed by atoms with Crippen LogP contribution in [0.3, 0.4) is 0 Å². The third-order valence-corrected chi connectivity index (χ3v) is 4.69. The standard InChI is InChI=1S/C26H32O6/c1-3-4-7-19-30-23-14-10-22(11-15-23)26(28)32-24-16-12-21(13-17-24)25(27)31-20-9-6-5-8-18-29-2/h3,10-17H,1,4-9,18-20H2,2H3. The molecule has 0 unspecified atom stereocenters. The number of rotatable bonds is 15. The summed E-state index contributed by atoms with van der Waals surface area (Å²) >= 11 is 0. The summed E-state index contributed by atoms with van der Waals surface area (Å²) in [6.07, 6.45) is 7.53. The molecule has 6 heteroatoms. The molecule has 0 saturated carbocycles. The summed E-state index contributed by atoms with van der Waals surface area (Å²) in [5.41, 5.74) is 0.833. The number of allylic oxidation sites excluding steroid dienone is 1. The molecule has 2 aromatic rings. The van der Waals surface area contributed by atoms with Crippen molar-refractivity contribution in [1.82, 2.24) is 0 Å². The van der Waals surface area contributed by atoms with E-state index in [1.165, 1.54) is 0 Å². The van der Waals surface area contributed by atoms with Crippen molar-refractivity contribution in [3.05, 3.63) is 72.3 Å². The van der Waals surface area contributed by atoms with Gasteiger partial charge in [-0.2, -0.15) is 0 Å². The van der Waals surface area contributed by atoms with Crippen molar-refractivity contribution in [1.29, 1.82) is 0 Å². The van der Waals surface area contributed by atoms with Gasteiger partial charge in [-0.3, -0.25) is 0 Å². The van der Waals surface area contributed by atoms with Crippen LogP contribution in [0, 0.1) is 0 Å². The highest BCUT2D eigenvalue weighted by molar-refractivity contribution is 5.92. The zero-order valence-electron chi connectivity index (χ0n) is 18.7. The number of hydrogen-bond acceptors (Lipinski definition) is 6. The Hall–Kier alpha value is -3.12. The molecule has 0 bridgehead atoms. The van der Waals surface area contributed by atoms with Gasteiger partial charge in [-0.05, 0) is 80.6 Å². The predicted octanol–water partition coefficient (Wildman–Crippen LogP) is 5.61. The molecule has 172 valence electrons. The Morgan fingerprint density at radius 2 is 1.34 bits per heavy atom. The summed E-state index contributed by atoms with van der Waals surface area (Å²) in [5, 5.41) is 0. The van der Waals surface area contributed by atoms with Crippen LogP contribution in [0.1, 0.15) is 59.2 Å². The molecule has 0 spiro atoms. The topological polar surface area (TPSA) is 71.1 Å². The first-order valence-corrected chi connectivity index (χ1v) is 11.0. The van der Waals surface area contributed by atoms with Crippen LogP contribution in [0.15, 0.2) is 61.2 Å². The fourth-order valence-corrected chi connectivity index (χ4v) is 2.88. The lowest BCUT2D eigenvalue weighted by atomic mass is 10.2. The third-order valence-electron chi connectivity index (χ3n) is 4.69. The molecule has 32 heavy (non-hydrogen) atoms. The highest BCUT2D eigenvalue weighted by Gasteiger charge is 2.11. The number of carbonyl (C=O) groups is 2. The summed E-state index contributed by atoms with van der Waals surface area (Å²) < 4.78 is 21.3. The second kappa shape index (κ2) is 14.8. The largest absolute Gasteiger partial charge is 0.494 e. The predicted molar refractivity (Wildman–Crippen MR) is 123 cm³/mol. The molecule has 0 amide bonds. The quantitative estimate of drug-likeness (QED) is 0.155. The molecule has 0 radical (unpaired) electrons. The van der Waals surface area contributed by atoms with Crippen molar-refractivity contribution < 1.29 is 28.5 Å². The molecule has 0 N–H and O–H groups in total. The van der Waals surface area contributed by atoms with Crippen molar-refractivity contribution in [3.8, 4) is 11.5 Å². The first kappa shape index (κ1) is 25.1. The normalized spacial score (nSPS) is 10.4. The van der Waals surface area contributed by atoms with E-state index < -0.39 is 5.97 Å². The minimum Gasteiger partial charge on any atom is -0.494 e. The average molecular weight is 441 g/mol. The zero-order valence-corrected chi connectivity index (χ0v) is 18.7. The van der Waals surface area contributed by atoms with E-state index in [4.69, 9.17) is 18.9 Å². The van der Waals surface area contributed by atoms with Crippen LogP contribution in [0.2, 0.25) is 0 Å². The monoisotopic (exact) mass is 440 g/mol. The number of ether oxygens (including phenoxy) is 4. The van der Waals surface area contributed by atoms with E-state index in [0.717, 1.165) is 45.1 Å². The van der Waals surface area contributed by atoms with Gasteiger partial charge in [-0.25, -0.2) is 9.59 Å².